The lowest BCUT2D eigenvalue weighted by molar-refractivity contribution is 0.102. The largest absolute Gasteiger partial charge is 0.326 e. The Morgan fingerprint density at radius 2 is 1.74 bits per heavy atom. The number of carbonyl (C=O) groups excluding carboxylic acids is 1. The number of nitrogens with zero attached hydrogens (tertiary/aromatic N) is 1. The van der Waals surface area contributed by atoms with E-state index in [1.54, 1.807) is 30.3 Å². The first-order chi connectivity index (χ1) is 12.4. The first-order valence-electron chi connectivity index (χ1n) is 8.32. The standard InChI is InChI=1S/C18H20ClN3O3S.ClH/c19-16-8-7-15(11-17(16)26(24,25)22-9-1-2-10-22)21-18(23)14-5-3-13(12-20)4-6-14;/h3-8,11H,1-2,9-10,12,20H2,(H,21,23);1H. The summed E-state index contributed by atoms with van der Waals surface area (Å²) in [7, 11) is -3.67. The third-order valence-corrected chi connectivity index (χ3v) is 6.70. The molecule has 1 amide bonds. The van der Waals surface area contributed by atoms with Crippen molar-refractivity contribution in [2.75, 3.05) is 18.4 Å². The molecule has 0 radical (unpaired) electrons. The topological polar surface area (TPSA) is 92.5 Å². The van der Waals surface area contributed by atoms with Gasteiger partial charge in [-0.05, 0) is 48.7 Å². The maximum atomic E-state index is 12.8. The molecule has 0 aromatic heterocycles. The van der Waals surface area contributed by atoms with Crippen molar-refractivity contribution >= 4 is 45.6 Å². The molecule has 146 valence electrons. The number of amides is 1. The number of nitrogens with one attached hydrogen (secondary N) is 1. The molecule has 0 saturated carbocycles. The Kier molecular flexibility index (Phi) is 7.25. The van der Waals surface area contributed by atoms with Gasteiger partial charge in [-0.2, -0.15) is 4.31 Å². The van der Waals surface area contributed by atoms with Crippen LogP contribution in [0, 0.1) is 0 Å². The third kappa shape index (κ3) is 4.80. The quantitative estimate of drug-likeness (QED) is 0.762. The van der Waals surface area contributed by atoms with E-state index in [9.17, 15) is 13.2 Å². The Labute approximate surface area is 170 Å². The van der Waals surface area contributed by atoms with Crippen LogP contribution in [0.3, 0.4) is 0 Å². The predicted octanol–water partition coefficient (Wildman–Crippen LogP) is 3.26. The summed E-state index contributed by atoms with van der Waals surface area (Å²) in [4.78, 5) is 12.4. The van der Waals surface area contributed by atoms with Gasteiger partial charge in [-0.1, -0.05) is 23.7 Å². The second kappa shape index (κ2) is 9.03. The van der Waals surface area contributed by atoms with E-state index < -0.39 is 10.0 Å². The summed E-state index contributed by atoms with van der Waals surface area (Å²) in [5, 5.41) is 2.86. The summed E-state index contributed by atoms with van der Waals surface area (Å²) in [6, 6.07) is 11.4. The van der Waals surface area contributed by atoms with E-state index in [0.717, 1.165) is 18.4 Å². The van der Waals surface area contributed by atoms with E-state index in [1.165, 1.54) is 16.4 Å². The summed E-state index contributed by atoms with van der Waals surface area (Å²) in [6.07, 6.45) is 1.68. The van der Waals surface area contributed by atoms with Gasteiger partial charge in [-0.25, -0.2) is 8.42 Å². The van der Waals surface area contributed by atoms with Crippen molar-refractivity contribution in [3.63, 3.8) is 0 Å². The minimum atomic E-state index is -3.67. The highest BCUT2D eigenvalue weighted by molar-refractivity contribution is 7.89. The monoisotopic (exact) mass is 429 g/mol. The normalized spacial score (nSPS) is 14.6. The van der Waals surface area contributed by atoms with Gasteiger partial charge in [0, 0.05) is 30.9 Å². The van der Waals surface area contributed by atoms with Crippen LogP contribution in [-0.2, 0) is 16.6 Å². The smallest absolute Gasteiger partial charge is 0.255 e. The summed E-state index contributed by atoms with van der Waals surface area (Å²) >= 11 is 6.12. The number of anilines is 1. The molecule has 3 rings (SSSR count). The first-order valence-corrected chi connectivity index (χ1v) is 10.1. The lowest BCUT2D eigenvalue weighted by Crippen LogP contribution is -2.28. The van der Waals surface area contributed by atoms with Gasteiger partial charge in [-0.3, -0.25) is 4.79 Å². The van der Waals surface area contributed by atoms with Gasteiger partial charge in [0.2, 0.25) is 10.0 Å². The van der Waals surface area contributed by atoms with Gasteiger partial charge < -0.3 is 11.1 Å². The number of rotatable bonds is 5. The van der Waals surface area contributed by atoms with Crippen molar-refractivity contribution in [2.24, 2.45) is 5.73 Å². The maximum Gasteiger partial charge on any atom is 0.255 e. The molecule has 1 aliphatic heterocycles. The molecule has 2 aromatic rings. The van der Waals surface area contributed by atoms with Crippen molar-refractivity contribution in [3.8, 4) is 0 Å². The molecule has 0 spiro atoms. The van der Waals surface area contributed by atoms with Crippen LogP contribution in [-0.4, -0.2) is 31.7 Å². The molecule has 1 aliphatic rings. The fourth-order valence-corrected chi connectivity index (χ4v) is 4.86. The van der Waals surface area contributed by atoms with Gasteiger partial charge in [0.15, 0.2) is 0 Å². The van der Waals surface area contributed by atoms with E-state index in [-0.39, 0.29) is 28.2 Å². The lowest BCUT2D eigenvalue weighted by atomic mass is 10.1. The summed E-state index contributed by atoms with van der Waals surface area (Å²) in [5.41, 5.74) is 7.31. The van der Waals surface area contributed by atoms with Gasteiger partial charge in [-0.15, -0.1) is 12.4 Å². The van der Waals surface area contributed by atoms with Crippen LogP contribution < -0.4 is 11.1 Å². The van der Waals surface area contributed by atoms with Gasteiger partial charge in [0.05, 0.1) is 5.02 Å². The highest BCUT2D eigenvalue weighted by atomic mass is 35.5. The number of halogens is 2. The Hall–Kier alpha value is -1.64. The van der Waals surface area contributed by atoms with Crippen LogP contribution in [0.25, 0.3) is 0 Å². The second-order valence-corrected chi connectivity index (χ2v) is 8.43. The van der Waals surface area contributed by atoms with Crippen molar-refractivity contribution in [1.82, 2.24) is 4.31 Å². The van der Waals surface area contributed by atoms with Crippen molar-refractivity contribution in [1.29, 1.82) is 0 Å². The maximum absolute atomic E-state index is 12.8. The average Bonchev–Trinajstić information content (AvgIpc) is 3.19. The molecule has 0 unspecified atom stereocenters. The number of carbonyl (C=O) groups is 1. The minimum Gasteiger partial charge on any atom is -0.326 e. The van der Waals surface area contributed by atoms with Crippen LogP contribution in [0.1, 0.15) is 28.8 Å². The Morgan fingerprint density at radius 3 is 2.33 bits per heavy atom. The molecule has 9 heteroatoms. The summed E-state index contributed by atoms with van der Waals surface area (Å²) < 4.78 is 26.9. The van der Waals surface area contributed by atoms with Crippen molar-refractivity contribution < 1.29 is 13.2 Å². The zero-order valence-corrected chi connectivity index (χ0v) is 16.9. The van der Waals surface area contributed by atoms with Gasteiger partial charge >= 0.3 is 0 Å². The highest BCUT2D eigenvalue weighted by Crippen LogP contribution is 2.29. The van der Waals surface area contributed by atoms with Gasteiger partial charge in [0.1, 0.15) is 4.90 Å². The van der Waals surface area contributed by atoms with E-state index in [0.29, 0.717) is 30.9 Å². The zero-order valence-electron chi connectivity index (χ0n) is 14.5. The summed E-state index contributed by atoms with van der Waals surface area (Å²) in [5.74, 6) is -0.333. The number of benzene rings is 2. The lowest BCUT2D eigenvalue weighted by Gasteiger charge is -2.17. The molecular formula is C18H21Cl2N3O3S. The van der Waals surface area contributed by atoms with Crippen molar-refractivity contribution in [3.05, 3.63) is 58.6 Å². The molecule has 27 heavy (non-hydrogen) atoms. The van der Waals surface area contributed by atoms with E-state index in [2.05, 4.69) is 5.32 Å². The summed E-state index contributed by atoms with van der Waals surface area (Å²) in [6.45, 7) is 1.38. The van der Waals surface area contributed by atoms with Crippen LogP contribution in [0.15, 0.2) is 47.4 Å². The molecular weight excluding hydrogens is 409 g/mol. The van der Waals surface area contributed by atoms with Crippen molar-refractivity contribution in [2.45, 2.75) is 24.3 Å². The third-order valence-electron chi connectivity index (χ3n) is 4.32. The highest BCUT2D eigenvalue weighted by Gasteiger charge is 2.29. The first kappa shape index (κ1) is 21.7. The van der Waals surface area contributed by atoms with E-state index >= 15 is 0 Å². The zero-order chi connectivity index (χ0) is 18.7. The van der Waals surface area contributed by atoms with Crippen LogP contribution in [0.5, 0.6) is 0 Å². The SMILES string of the molecule is Cl.NCc1ccc(C(=O)Nc2ccc(Cl)c(S(=O)(=O)N3CCCC3)c2)cc1. The second-order valence-electron chi connectivity index (χ2n) is 6.11. The number of hydrogen-bond donors (Lipinski definition) is 2. The molecule has 1 heterocycles. The Balaban J connectivity index is 0.00000261. The number of sulfonamides is 1. The number of hydrogen-bond acceptors (Lipinski definition) is 4. The van der Waals surface area contributed by atoms with Gasteiger partial charge in [0.25, 0.3) is 5.91 Å². The molecule has 6 nitrogen and oxygen atoms in total. The van der Waals surface area contributed by atoms with Crippen LogP contribution in [0.2, 0.25) is 5.02 Å². The molecule has 1 saturated heterocycles. The molecule has 1 fully saturated rings. The fourth-order valence-electron chi connectivity index (χ4n) is 2.84. The van der Waals surface area contributed by atoms with E-state index in [1.807, 2.05) is 0 Å². The average molecular weight is 430 g/mol. The molecule has 3 N–H and O–H groups in total. The Morgan fingerprint density at radius 1 is 1.11 bits per heavy atom. The van der Waals surface area contributed by atoms with E-state index in [4.69, 9.17) is 17.3 Å². The molecule has 2 aromatic carbocycles. The molecule has 0 aliphatic carbocycles. The molecule has 0 bridgehead atoms. The Bertz CT molecular complexity index is 912. The molecule has 0 atom stereocenters. The van der Waals surface area contributed by atoms with Crippen LogP contribution >= 0.6 is 24.0 Å². The number of nitrogens with two attached hydrogens (primary N) is 1. The van der Waals surface area contributed by atoms with Crippen LogP contribution in [0.4, 0.5) is 5.69 Å². The minimum absolute atomic E-state index is 0. The predicted molar refractivity (Wildman–Crippen MR) is 109 cm³/mol. The fraction of sp³-hybridized carbons (Fsp3) is 0.278.